The van der Waals surface area contributed by atoms with E-state index < -0.39 is 10.0 Å². The van der Waals surface area contributed by atoms with Crippen molar-refractivity contribution in [3.8, 4) is 9.88 Å². The molecule has 0 aliphatic carbocycles. The molecule has 2 aromatic heterocycles. The van der Waals surface area contributed by atoms with Gasteiger partial charge in [-0.1, -0.05) is 13.0 Å². The largest absolute Gasteiger partial charge is 0.326 e. The molecular formula is C18H19N3O3S3. The monoisotopic (exact) mass is 421 g/mol. The van der Waals surface area contributed by atoms with Crippen LogP contribution in [0.4, 0.5) is 5.69 Å². The third kappa shape index (κ3) is 4.81. The van der Waals surface area contributed by atoms with Gasteiger partial charge in [0.2, 0.25) is 15.9 Å². The molecule has 2 heterocycles. The number of carbonyl (C=O) groups excluding carboxylic acids is 1. The van der Waals surface area contributed by atoms with Crippen molar-refractivity contribution >= 4 is 44.3 Å². The maximum absolute atomic E-state index is 12.5. The van der Waals surface area contributed by atoms with Crippen molar-refractivity contribution in [3.05, 3.63) is 52.3 Å². The average molecular weight is 422 g/mol. The summed E-state index contributed by atoms with van der Waals surface area (Å²) in [5.74, 6) is -0.119. The Labute approximate surface area is 166 Å². The Hall–Kier alpha value is -2.07. The van der Waals surface area contributed by atoms with E-state index in [1.807, 2.05) is 24.4 Å². The quantitative estimate of drug-likeness (QED) is 0.603. The normalized spacial score (nSPS) is 11.5. The number of hydrogen-bond donors (Lipinski definition) is 2. The summed E-state index contributed by atoms with van der Waals surface area (Å²) >= 11 is 3.09. The molecule has 0 saturated carbocycles. The van der Waals surface area contributed by atoms with Gasteiger partial charge in [0, 0.05) is 23.5 Å². The van der Waals surface area contributed by atoms with Crippen LogP contribution >= 0.6 is 22.7 Å². The molecule has 9 heteroatoms. The van der Waals surface area contributed by atoms with Gasteiger partial charge in [-0.25, -0.2) is 18.1 Å². The Morgan fingerprint density at radius 3 is 2.56 bits per heavy atom. The molecular weight excluding hydrogens is 402 g/mol. The Morgan fingerprint density at radius 1 is 1.19 bits per heavy atom. The van der Waals surface area contributed by atoms with Crippen LogP contribution in [0.15, 0.2) is 46.7 Å². The molecule has 1 amide bonds. The Kier molecular flexibility index (Phi) is 6.05. The number of nitrogens with zero attached hydrogens (tertiary/aromatic N) is 1. The Balaban J connectivity index is 1.69. The molecule has 0 atom stereocenters. The molecule has 27 heavy (non-hydrogen) atoms. The number of carbonyl (C=O) groups is 1. The fourth-order valence-corrected chi connectivity index (χ4v) is 5.19. The first-order valence-corrected chi connectivity index (χ1v) is 11.5. The molecule has 0 unspecified atom stereocenters. The highest BCUT2D eigenvalue weighted by Crippen LogP contribution is 2.31. The minimum atomic E-state index is -3.65. The van der Waals surface area contributed by atoms with Gasteiger partial charge < -0.3 is 5.32 Å². The number of amides is 1. The SMILES string of the molecule is CCC(=O)Nc1ccc(S(=O)(=O)NCc2sc(-c3cccs3)nc2C)cc1. The highest BCUT2D eigenvalue weighted by molar-refractivity contribution is 7.89. The highest BCUT2D eigenvalue weighted by atomic mass is 32.2. The summed E-state index contributed by atoms with van der Waals surface area (Å²) in [6.45, 7) is 3.82. The number of aryl methyl sites for hydroxylation is 1. The van der Waals surface area contributed by atoms with Crippen LogP contribution in [0.1, 0.15) is 23.9 Å². The number of nitrogens with one attached hydrogen (secondary N) is 2. The van der Waals surface area contributed by atoms with Gasteiger partial charge in [0.15, 0.2) is 0 Å². The molecule has 0 aliphatic heterocycles. The Morgan fingerprint density at radius 2 is 1.93 bits per heavy atom. The molecule has 6 nitrogen and oxygen atoms in total. The summed E-state index contributed by atoms with van der Waals surface area (Å²) in [5.41, 5.74) is 1.39. The summed E-state index contributed by atoms with van der Waals surface area (Å²) in [7, 11) is -3.65. The van der Waals surface area contributed by atoms with E-state index in [1.54, 1.807) is 30.4 Å². The average Bonchev–Trinajstić information content (AvgIpc) is 3.30. The van der Waals surface area contributed by atoms with E-state index in [2.05, 4.69) is 15.0 Å². The topological polar surface area (TPSA) is 88.2 Å². The predicted octanol–water partition coefficient (Wildman–Crippen LogP) is 4.01. The van der Waals surface area contributed by atoms with Crippen LogP contribution in [0.25, 0.3) is 9.88 Å². The van der Waals surface area contributed by atoms with E-state index in [1.165, 1.54) is 23.5 Å². The molecule has 0 aliphatic rings. The van der Waals surface area contributed by atoms with E-state index in [0.717, 1.165) is 20.5 Å². The fourth-order valence-electron chi connectivity index (χ4n) is 2.31. The maximum atomic E-state index is 12.5. The number of rotatable bonds is 7. The van der Waals surface area contributed by atoms with Crippen LogP contribution in [0, 0.1) is 6.92 Å². The molecule has 3 rings (SSSR count). The van der Waals surface area contributed by atoms with Gasteiger partial charge in [0.25, 0.3) is 0 Å². The van der Waals surface area contributed by atoms with Crippen LogP contribution < -0.4 is 10.0 Å². The van der Waals surface area contributed by atoms with Gasteiger partial charge in [-0.3, -0.25) is 4.79 Å². The number of benzene rings is 1. The zero-order chi connectivity index (χ0) is 19.4. The Bertz CT molecular complexity index is 1020. The first kappa shape index (κ1) is 19.7. The molecule has 0 bridgehead atoms. The van der Waals surface area contributed by atoms with E-state index in [9.17, 15) is 13.2 Å². The summed E-state index contributed by atoms with van der Waals surface area (Å²) in [6.07, 6.45) is 0.364. The van der Waals surface area contributed by atoms with Crippen molar-refractivity contribution in [2.24, 2.45) is 0 Å². The van der Waals surface area contributed by atoms with Gasteiger partial charge >= 0.3 is 0 Å². The minimum absolute atomic E-state index is 0.119. The third-order valence-electron chi connectivity index (χ3n) is 3.82. The summed E-state index contributed by atoms with van der Waals surface area (Å²) in [6, 6.07) is 10.1. The van der Waals surface area contributed by atoms with Crippen molar-refractivity contribution < 1.29 is 13.2 Å². The fraction of sp³-hybridized carbons (Fsp3) is 0.222. The number of hydrogen-bond acceptors (Lipinski definition) is 6. The second kappa shape index (κ2) is 8.30. The maximum Gasteiger partial charge on any atom is 0.240 e. The molecule has 1 aromatic carbocycles. The lowest BCUT2D eigenvalue weighted by Gasteiger charge is -2.08. The molecule has 2 N–H and O–H groups in total. The third-order valence-corrected chi connectivity index (χ3v) is 7.43. The lowest BCUT2D eigenvalue weighted by Crippen LogP contribution is -2.23. The van der Waals surface area contributed by atoms with E-state index in [-0.39, 0.29) is 17.3 Å². The van der Waals surface area contributed by atoms with Crippen LogP contribution in [0.3, 0.4) is 0 Å². The number of thiophene rings is 1. The molecule has 0 saturated heterocycles. The van der Waals surface area contributed by atoms with Gasteiger partial charge in [0.05, 0.1) is 15.5 Å². The van der Waals surface area contributed by atoms with Crippen molar-refractivity contribution in [3.63, 3.8) is 0 Å². The van der Waals surface area contributed by atoms with Gasteiger partial charge in [-0.15, -0.1) is 22.7 Å². The van der Waals surface area contributed by atoms with Crippen molar-refractivity contribution in [2.45, 2.75) is 31.7 Å². The zero-order valence-corrected chi connectivity index (χ0v) is 17.3. The van der Waals surface area contributed by atoms with Gasteiger partial charge in [0.1, 0.15) is 5.01 Å². The zero-order valence-electron chi connectivity index (χ0n) is 14.9. The van der Waals surface area contributed by atoms with Crippen LogP contribution in [-0.2, 0) is 21.4 Å². The van der Waals surface area contributed by atoms with Crippen LogP contribution in [-0.4, -0.2) is 19.3 Å². The number of aromatic nitrogens is 1. The van der Waals surface area contributed by atoms with Crippen molar-refractivity contribution in [1.82, 2.24) is 9.71 Å². The lowest BCUT2D eigenvalue weighted by atomic mass is 10.3. The lowest BCUT2D eigenvalue weighted by molar-refractivity contribution is -0.115. The number of sulfonamides is 1. The van der Waals surface area contributed by atoms with Crippen molar-refractivity contribution in [1.29, 1.82) is 0 Å². The molecule has 0 fully saturated rings. The van der Waals surface area contributed by atoms with Gasteiger partial charge in [-0.05, 0) is 42.6 Å². The first-order chi connectivity index (χ1) is 12.9. The molecule has 3 aromatic rings. The second-order valence-electron chi connectivity index (χ2n) is 5.76. The van der Waals surface area contributed by atoms with E-state index >= 15 is 0 Å². The van der Waals surface area contributed by atoms with Crippen LogP contribution in [0.5, 0.6) is 0 Å². The summed E-state index contributed by atoms with van der Waals surface area (Å²) < 4.78 is 27.7. The van der Waals surface area contributed by atoms with Gasteiger partial charge in [-0.2, -0.15) is 0 Å². The standard InChI is InChI=1S/C18H19N3O3S3/c1-3-17(22)21-13-6-8-14(9-7-13)27(23,24)19-11-16-12(2)20-18(26-16)15-5-4-10-25-15/h4-10,19H,3,11H2,1-2H3,(H,21,22). The van der Waals surface area contributed by atoms with Crippen LogP contribution in [0.2, 0.25) is 0 Å². The van der Waals surface area contributed by atoms with E-state index in [0.29, 0.717) is 12.1 Å². The summed E-state index contributed by atoms with van der Waals surface area (Å²) in [5, 5.41) is 5.58. The van der Waals surface area contributed by atoms with Crippen molar-refractivity contribution in [2.75, 3.05) is 5.32 Å². The number of thiazole rings is 1. The first-order valence-electron chi connectivity index (χ1n) is 8.29. The smallest absolute Gasteiger partial charge is 0.240 e. The molecule has 0 spiro atoms. The minimum Gasteiger partial charge on any atom is -0.326 e. The molecule has 142 valence electrons. The predicted molar refractivity (Wildman–Crippen MR) is 110 cm³/mol. The van der Waals surface area contributed by atoms with E-state index in [4.69, 9.17) is 0 Å². The number of anilines is 1. The molecule has 0 radical (unpaired) electrons. The highest BCUT2D eigenvalue weighted by Gasteiger charge is 2.17. The summed E-state index contributed by atoms with van der Waals surface area (Å²) in [4.78, 5) is 18.0. The second-order valence-corrected chi connectivity index (χ2v) is 9.55.